The fourth-order valence-electron chi connectivity index (χ4n) is 0.721. The van der Waals surface area contributed by atoms with Crippen LogP contribution in [-0.4, -0.2) is 16.8 Å². The van der Waals surface area contributed by atoms with Crippen LogP contribution in [0.15, 0.2) is 29.4 Å². The number of hydrogen-bond donors (Lipinski definition) is 2. The topological polar surface area (TPSA) is 61.7 Å². The fraction of sp³-hybridized carbons (Fsp3) is 0.111. The van der Waals surface area contributed by atoms with E-state index in [9.17, 15) is 9.18 Å². The predicted molar refractivity (Wildman–Crippen MR) is 50.8 cm³/mol. The van der Waals surface area contributed by atoms with E-state index in [1.54, 1.807) is 0 Å². The second kappa shape index (κ2) is 4.36. The highest BCUT2D eigenvalue weighted by atomic mass is 19.1. The van der Waals surface area contributed by atoms with Gasteiger partial charge in [0.2, 0.25) is 0 Å². The van der Waals surface area contributed by atoms with Crippen LogP contribution in [0.2, 0.25) is 0 Å². The molecule has 0 unspecified atom stereocenters. The standard InChI is InChI=1S/C9H9FN2O2/c1-6(9(13)14)11-12-8-4-2-7(10)3-5-8/h2-5,12H,1H3,(H,13,14). The lowest BCUT2D eigenvalue weighted by atomic mass is 10.3. The molecule has 0 fully saturated rings. The lowest BCUT2D eigenvalue weighted by Crippen LogP contribution is -2.10. The number of nitrogens with zero attached hydrogens (tertiary/aromatic N) is 1. The molecule has 0 amide bonds. The van der Waals surface area contributed by atoms with Crippen molar-refractivity contribution in [3.05, 3.63) is 30.1 Å². The first-order valence-electron chi connectivity index (χ1n) is 3.89. The summed E-state index contributed by atoms with van der Waals surface area (Å²) < 4.78 is 12.5. The minimum absolute atomic E-state index is 0.0608. The van der Waals surface area contributed by atoms with Gasteiger partial charge in [0.05, 0.1) is 5.69 Å². The Morgan fingerprint density at radius 2 is 2.00 bits per heavy atom. The number of hydrogen-bond acceptors (Lipinski definition) is 3. The average Bonchev–Trinajstić information content (AvgIpc) is 2.16. The molecule has 0 saturated heterocycles. The van der Waals surface area contributed by atoms with Crippen molar-refractivity contribution in [3.8, 4) is 0 Å². The summed E-state index contributed by atoms with van der Waals surface area (Å²) in [6, 6.07) is 5.45. The van der Waals surface area contributed by atoms with E-state index < -0.39 is 5.97 Å². The number of halogens is 1. The summed E-state index contributed by atoms with van der Waals surface area (Å²) in [5, 5.41) is 12.0. The van der Waals surface area contributed by atoms with Crippen LogP contribution in [-0.2, 0) is 4.79 Å². The van der Waals surface area contributed by atoms with Gasteiger partial charge in [-0.1, -0.05) is 0 Å². The smallest absolute Gasteiger partial charge is 0.351 e. The Hall–Kier alpha value is -1.91. The number of benzene rings is 1. The third-order valence-electron chi connectivity index (χ3n) is 1.51. The van der Waals surface area contributed by atoms with Crippen molar-refractivity contribution in [3.63, 3.8) is 0 Å². The molecule has 0 atom stereocenters. The van der Waals surface area contributed by atoms with Crippen LogP contribution in [0.5, 0.6) is 0 Å². The molecular formula is C9H9FN2O2. The zero-order valence-corrected chi connectivity index (χ0v) is 7.49. The minimum Gasteiger partial charge on any atom is -0.477 e. The lowest BCUT2D eigenvalue weighted by molar-refractivity contribution is -0.129. The third kappa shape index (κ3) is 2.85. The van der Waals surface area contributed by atoms with Crippen molar-refractivity contribution in [2.24, 2.45) is 5.10 Å². The van der Waals surface area contributed by atoms with E-state index in [4.69, 9.17) is 5.11 Å². The van der Waals surface area contributed by atoms with E-state index in [2.05, 4.69) is 10.5 Å². The fourth-order valence-corrected chi connectivity index (χ4v) is 0.721. The van der Waals surface area contributed by atoms with Crippen LogP contribution >= 0.6 is 0 Å². The summed E-state index contributed by atoms with van der Waals surface area (Å²) in [5.41, 5.74) is 2.97. The maximum atomic E-state index is 12.5. The van der Waals surface area contributed by atoms with Crippen LogP contribution in [0.4, 0.5) is 10.1 Å². The molecule has 2 N–H and O–H groups in total. The number of carboxylic acids is 1. The molecule has 5 heteroatoms. The van der Waals surface area contributed by atoms with Crippen LogP contribution in [0.1, 0.15) is 6.92 Å². The normalized spacial score (nSPS) is 11.1. The number of anilines is 1. The van der Waals surface area contributed by atoms with Gasteiger partial charge in [0.15, 0.2) is 0 Å². The van der Waals surface area contributed by atoms with E-state index in [1.165, 1.54) is 31.2 Å². The summed E-state index contributed by atoms with van der Waals surface area (Å²) in [4.78, 5) is 10.3. The molecular weight excluding hydrogens is 187 g/mol. The molecule has 0 spiro atoms. The van der Waals surface area contributed by atoms with Gasteiger partial charge in [-0.3, -0.25) is 5.43 Å². The largest absolute Gasteiger partial charge is 0.477 e. The monoisotopic (exact) mass is 196 g/mol. The van der Waals surface area contributed by atoms with Gasteiger partial charge in [-0.15, -0.1) is 0 Å². The quantitative estimate of drug-likeness (QED) is 0.571. The summed E-state index contributed by atoms with van der Waals surface area (Å²) in [5.74, 6) is -1.45. The molecule has 1 rings (SSSR count). The van der Waals surface area contributed by atoms with Gasteiger partial charge in [0.25, 0.3) is 0 Å². The van der Waals surface area contributed by atoms with Crippen molar-refractivity contribution in [1.82, 2.24) is 0 Å². The molecule has 1 aromatic carbocycles. The highest BCUT2D eigenvalue weighted by molar-refractivity contribution is 6.34. The third-order valence-corrected chi connectivity index (χ3v) is 1.51. The van der Waals surface area contributed by atoms with Crippen LogP contribution < -0.4 is 5.43 Å². The summed E-state index contributed by atoms with van der Waals surface area (Å²) in [6.07, 6.45) is 0. The van der Waals surface area contributed by atoms with Gasteiger partial charge in [0, 0.05) is 0 Å². The molecule has 0 bridgehead atoms. The van der Waals surface area contributed by atoms with Crippen molar-refractivity contribution in [2.75, 3.05) is 5.43 Å². The highest BCUT2D eigenvalue weighted by Crippen LogP contribution is 2.07. The number of hydrazone groups is 1. The van der Waals surface area contributed by atoms with Crippen molar-refractivity contribution >= 4 is 17.4 Å². The van der Waals surface area contributed by atoms with E-state index in [0.717, 1.165) is 0 Å². The molecule has 4 nitrogen and oxygen atoms in total. The van der Waals surface area contributed by atoms with Crippen LogP contribution in [0, 0.1) is 5.82 Å². The van der Waals surface area contributed by atoms with Gasteiger partial charge >= 0.3 is 5.97 Å². The summed E-state index contributed by atoms with van der Waals surface area (Å²) in [6.45, 7) is 1.36. The van der Waals surface area contributed by atoms with Crippen molar-refractivity contribution < 1.29 is 14.3 Å². The second-order valence-electron chi connectivity index (χ2n) is 2.62. The zero-order valence-electron chi connectivity index (χ0n) is 7.49. The number of carbonyl (C=O) groups is 1. The van der Waals surface area contributed by atoms with Gasteiger partial charge in [-0.2, -0.15) is 5.10 Å². The van der Waals surface area contributed by atoms with E-state index in [0.29, 0.717) is 5.69 Å². The summed E-state index contributed by atoms with van der Waals surface area (Å²) >= 11 is 0. The van der Waals surface area contributed by atoms with Gasteiger partial charge in [-0.25, -0.2) is 9.18 Å². The van der Waals surface area contributed by atoms with E-state index >= 15 is 0 Å². The average molecular weight is 196 g/mol. The number of aliphatic carboxylic acids is 1. The molecule has 0 saturated carbocycles. The first-order chi connectivity index (χ1) is 6.59. The molecule has 0 radical (unpaired) electrons. The second-order valence-corrected chi connectivity index (χ2v) is 2.62. The predicted octanol–water partition coefficient (Wildman–Crippen LogP) is 1.70. The molecule has 0 heterocycles. The molecule has 0 aliphatic heterocycles. The first-order valence-corrected chi connectivity index (χ1v) is 3.89. The number of rotatable bonds is 3. The number of nitrogens with one attached hydrogen (secondary N) is 1. The SMILES string of the molecule is CC(=NNc1ccc(F)cc1)C(=O)O. The maximum absolute atomic E-state index is 12.5. The maximum Gasteiger partial charge on any atom is 0.351 e. The van der Waals surface area contributed by atoms with Crippen molar-refractivity contribution in [1.29, 1.82) is 0 Å². The Morgan fingerprint density at radius 3 is 2.50 bits per heavy atom. The minimum atomic E-state index is -1.10. The first kappa shape index (κ1) is 10.2. The number of carboxylic acid groups (broad SMARTS) is 1. The Balaban J connectivity index is 2.66. The zero-order chi connectivity index (χ0) is 10.6. The Morgan fingerprint density at radius 1 is 1.43 bits per heavy atom. The molecule has 14 heavy (non-hydrogen) atoms. The summed E-state index contributed by atoms with van der Waals surface area (Å²) in [7, 11) is 0. The lowest BCUT2D eigenvalue weighted by Gasteiger charge is -1.99. The van der Waals surface area contributed by atoms with Gasteiger partial charge in [0.1, 0.15) is 11.5 Å². The van der Waals surface area contributed by atoms with E-state index in [-0.39, 0.29) is 11.5 Å². The molecule has 1 aromatic rings. The van der Waals surface area contributed by atoms with Crippen molar-refractivity contribution in [2.45, 2.75) is 6.92 Å². The molecule has 0 aliphatic carbocycles. The Labute approximate surface area is 80.1 Å². The Kier molecular flexibility index (Phi) is 3.17. The molecule has 0 aliphatic rings. The Bertz CT molecular complexity index is 360. The molecule has 0 aromatic heterocycles. The van der Waals surface area contributed by atoms with Crippen LogP contribution in [0.3, 0.4) is 0 Å². The van der Waals surface area contributed by atoms with Gasteiger partial charge < -0.3 is 5.11 Å². The highest BCUT2D eigenvalue weighted by Gasteiger charge is 2.00. The van der Waals surface area contributed by atoms with E-state index in [1.807, 2.05) is 0 Å². The van der Waals surface area contributed by atoms with Gasteiger partial charge in [-0.05, 0) is 31.2 Å². The molecule has 74 valence electrons. The van der Waals surface area contributed by atoms with Crippen LogP contribution in [0.25, 0.3) is 0 Å².